The minimum absolute atomic E-state index is 0.0238. The molecular weight excluding hydrogens is 1590 g/mol. The van der Waals surface area contributed by atoms with Gasteiger partial charge in [-0.2, -0.15) is 39.5 Å². The van der Waals surface area contributed by atoms with E-state index in [4.69, 9.17) is 69.8 Å². The quantitative estimate of drug-likeness (QED) is 0.00884. The molecule has 22 N–H and O–H groups in total. The lowest BCUT2D eigenvalue weighted by molar-refractivity contribution is -0.193. The third-order valence-corrected chi connectivity index (χ3v) is 19.0. The van der Waals surface area contributed by atoms with E-state index in [1.165, 1.54) is 231 Å². The first kappa shape index (κ1) is 118. The number of carboxylic acids is 3. The number of hydrogen-bond acceptors (Lipinski definition) is 13. The molecule has 120 heavy (non-hydrogen) atoms. The standard InChI is InChI=1S/C76H148N16O7.3C2HF3O2/c1-3-5-7-9-11-13-15-17-19-21-23-25-27-29-31-33-35-37-39-41-43-53-67(93)84-60-48-62-92(63-49-61-85-68(94)54-44-42-40-38-36-34-32-30-28-26-24-22-20-18-16-14-12-10-8-6-4-2)70(96)56-55-69(95)89-65(51-46-58-87-75(80)81)72(98)91-66(52-47-59-88-76(82)83)73(99)90-64(71(77)97)50-45-57-86-74(78)79;3*3-2(4,5)1(6)7/h55-56,64-66H,3-54,57-63H2,1-2H3,(H2,77,97)(H,84,93)(H,85,94)(H,89,95)(H,90,99)(H,91,98)(H4,78,79,86)(H4,80,81,87)(H4,82,83,88);3*(H,6,7)/b56-55-;;;/t64-,65-,66-;;;/m0.../s1. The number of amides is 7. The normalized spacial score (nSPS) is 12.0. The second kappa shape index (κ2) is 79.1. The third kappa shape index (κ3) is 84.6. The summed E-state index contributed by atoms with van der Waals surface area (Å²) < 4.78 is 95.2. The maximum atomic E-state index is 14.1. The first-order chi connectivity index (χ1) is 56.8. The Kier molecular flexibility index (Phi) is 77.8. The average Bonchev–Trinajstić information content (AvgIpc) is 0.870. The number of carboxylic acid groups (broad SMARTS) is 3. The second-order valence-electron chi connectivity index (χ2n) is 30.0. The van der Waals surface area contributed by atoms with Crippen molar-refractivity contribution in [2.45, 2.75) is 384 Å². The Labute approximate surface area is 706 Å². The number of carbonyl (C=O) groups excluding carboxylic acids is 7. The van der Waals surface area contributed by atoms with Gasteiger partial charge in [-0.25, -0.2) is 14.4 Å². The fraction of sp³-hybridized carbons (Fsp3) is 0.817. The number of hydrogen-bond donors (Lipinski definition) is 15. The molecule has 0 unspecified atom stereocenters. The summed E-state index contributed by atoms with van der Waals surface area (Å²) in [6.45, 7) is 6.22. The van der Waals surface area contributed by atoms with Gasteiger partial charge in [0.25, 0.3) is 0 Å². The predicted molar refractivity (Wildman–Crippen MR) is 451 cm³/mol. The number of aliphatic imine (C=N–C) groups is 3. The van der Waals surface area contributed by atoms with E-state index in [1.807, 2.05) is 0 Å². The zero-order valence-electron chi connectivity index (χ0n) is 71.8. The number of guanidine groups is 3. The summed E-state index contributed by atoms with van der Waals surface area (Å²) in [4.78, 5) is 134. The molecule has 0 bridgehead atoms. The van der Waals surface area contributed by atoms with Crippen LogP contribution in [-0.4, -0.2) is 180 Å². The number of carbonyl (C=O) groups is 10. The SMILES string of the molecule is CCCCCCCCCCCCCCCCCCCCCCCC(=O)NCCCN(CCCNC(=O)CCCCCCCCCCCCCCCCCCCCCCC)C(=O)/C=C\C(=O)N[C@@H](CCCN=C(N)N)C(=O)N[C@@H](CCCN=C(N)N)C(=O)N[C@@H](CCCN=C(N)N)C(N)=O.O=C(O)C(F)(F)F.O=C(O)C(F)(F)F.O=C(O)C(F)(F)F. The zero-order chi connectivity index (χ0) is 91.1. The van der Waals surface area contributed by atoms with Crippen molar-refractivity contribution in [2.75, 3.05) is 45.8 Å². The number of aliphatic carboxylic acids is 3. The van der Waals surface area contributed by atoms with Crippen LogP contribution in [-0.2, 0) is 47.9 Å². The molecule has 0 aromatic rings. The van der Waals surface area contributed by atoms with Gasteiger partial charge in [-0.15, -0.1) is 0 Å². The van der Waals surface area contributed by atoms with Gasteiger partial charge in [0.15, 0.2) is 17.9 Å². The average molecular weight is 1740 g/mol. The molecule has 0 fully saturated rings. The molecule has 0 saturated carbocycles. The van der Waals surface area contributed by atoms with Crippen LogP contribution in [0.3, 0.4) is 0 Å². The molecule has 0 aliphatic carbocycles. The maximum Gasteiger partial charge on any atom is 0.490 e. The van der Waals surface area contributed by atoms with E-state index in [1.54, 1.807) is 4.90 Å². The largest absolute Gasteiger partial charge is 0.490 e. The Morgan fingerprint density at radius 2 is 0.550 bits per heavy atom. The lowest BCUT2D eigenvalue weighted by atomic mass is 10.0. The highest BCUT2D eigenvalue weighted by Gasteiger charge is 2.40. The maximum absolute atomic E-state index is 14.1. The number of unbranched alkanes of at least 4 members (excludes halogenated alkanes) is 40. The molecule has 0 aromatic carbocycles. The van der Waals surface area contributed by atoms with Crippen LogP contribution in [0.2, 0.25) is 0 Å². The van der Waals surface area contributed by atoms with E-state index < -0.39 is 84.1 Å². The number of nitrogens with one attached hydrogen (secondary N) is 5. The molecule has 0 aromatic heterocycles. The molecule has 38 heteroatoms. The number of primary amides is 1. The van der Waals surface area contributed by atoms with Crippen LogP contribution in [0.4, 0.5) is 39.5 Å². The number of nitrogens with two attached hydrogens (primary N) is 7. The van der Waals surface area contributed by atoms with Gasteiger partial charge < -0.3 is 86.9 Å². The highest BCUT2D eigenvalue weighted by atomic mass is 19.4. The minimum Gasteiger partial charge on any atom is -0.475 e. The summed E-state index contributed by atoms with van der Waals surface area (Å²) in [6, 6.07) is -3.60. The number of nitrogens with zero attached hydrogens (tertiary/aromatic N) is 4. The van der Waals surface area contributed by atoms with E-state index in [9.17, 15) is 73.1 Å². The van der Waals surface area contributed by atoms with Crippen molar-refractivity contribution in [1.29, 1.82) is 0 Å². The van der Waals surface area contributed by atoms with Crippen LogP contribution in [0.15, 0.2) is 27.1 Å². The van der Waals surface area contributed by atoms with Crippen LogP contribution in [0.1, 0.15) is 348 Å². The minimum atomic E-state index is -5.08. The Morgan fingerprint density at radius 3 is 0.783 bits per heavy atom. The molecule has 700 valence electrons. The van der Waals surface area contributed by atoms with Crippen molar-refractivity contribution >= 4 is 77.1 Å². The van der Waals surface area contributed by atoms with Crippen molar-refractivity contribution in [3.8, 4) is 0 Å². The van der Waals surface area contributed by atoms with Crippen LogP contribution >= 0.6 is 0 Å². The van der Waals surface area contributed by atoms with Crippen LogP contribution in [0.25, 0.3) is 0 Å². The van der Waals surface area contributed by atoms with Crippen molar-refractivity contribution in [1.82, 2.24) is 31.5 Å². The molecule has 0 saturated heterocycles. The smallest absolute Gasteiger partial charge is 0.475 e. The number of halogens is 9. The second-order valence-corrected chi connectivity index (χ2v) is 30.0. The van der Waals surface area contributed by atoms with E-state index >= 15 is 0 Å². The summed E-state index contributed by atoms with van der Waals surface area (Å²) >= 11 is 0. The Bertz CT molecular complexity index is 2690. The summed E-state index contributed by atoms with van der Waals surface area (Å²) in [5.41, 5.74) is 38.6. The topological polar surface area (TPSA) is 514 Å². The van der Waals surface area contributed by atoms with Gasteiger partial charge in [0.2, 0.25) is 41.4 Å². The van der Waals surface area contributed by atoms with E-state index in [0.717, 1.165) is 50.7 Å². The van der Waals surface area contributed by atoms with Crippen LogP contribution in [0, 0.1) is 0 Å². The van der Waals surface area contributed by atoms with Gasteiger partial charge in [0.1, 0.15) is 18.1 Å². The Balaban J connectivity index is -0.00000280. The molecule has 7 amide bonds. The van der Waals surface area contributed by atoms with Crippen LogP contribution in [0.5, 0.6) is 0 Å². The highest BCUT2D eigenvalue weighted by molar-refractivity contribution is 5.99. The van der Waals surface area contributed by atoms with E-state index in [2.05, 4.69) is 55.4 Å². The first-order valence-corrected chi connectivity index (χ1v) is 43.6. The van der Waals surface area contributed by atoms with Crippen molar-refractivity contribution in [2.24, 2.45) is 55.1 Å². The van der Waals surface area contributed by atoms with Gasteiger partial charge in [-0.05, 0) is 64.2 Å². The summed E-state index contributed by atoms with van der Waals surface area (Å²) in [5.74, 6) is -12.3. The van der Waals surface area contributed by atoms with E-state index in [0.29, 0.717) is 45.2 Å². The van der Waals surface area contributed by atoms with Gasteiger partial charge in [-0.3, -0.25) is 48.5 Å². The highest BCUT2D eigenvalue weighted by Crippen LogP contribution is 2.20. The Morgan fingerprint density at radius 1 is 0.325 bits per heavy atom. The lowest BCUT2D eigenvalue weighted by Crippen LogP contribution is -2.56. The molecule has 29 nitrogen and oxygen atoms in total. The zero-order valence-corrected chi connectivity index (χ0v) is 71.8. The molecule has 3 atom stereocenters. The molecule has 0 heterocycles. The molecule has 0 radical (unpaired) electrons. The van der Waals surface area contributed by atoms with Gasteiger partial charge >= 0.3 is 36.4 Å². The van der Waals surface area contributed by atoms with Crippen LogP contribution < -0.4 is 66.7 Å². The predicted octanol–water partition coefficient (Wildman–Crippen LogP) is 13.6. The van der Waals surface area contributed by atoms with Gasteiger partial charge in [-0.1, -0.05) is 271 Å². The van der Waals surface area contributed by atoms with Gasteiger partial charge in [0.05, 0.1) is 0 Å². The molecular formula is C82H151F9N16O13. The number of alkyl halides is 9. The van der Waals surface area contributed by atoms with Crippen molar-refractivity contribution in [3.63, 3.8) is 0 Å². The summed E-state index contributed by atoms with van der Waals surface area (Å²) in [5, 5.41) is 35.3. The first-order valence-electron chi connectivity index (χ1n) is 43.6. The number of rotatable bonds is 72. The van der Waals surface area contributed by atoms with E-state index in [-0.39, 0.29) is 94.5 Å². The van der Waals surface area contributed by atoms with Crippen molar-refractivity contribution < 1.29 is 103 Å². The monoisotopic (exact) mass is 1740 g/mol. The third-order valence-electron chi connectivity index (χ3n) is 19.0. The molecule has 0 aliphatic rings. The molecule has 0 aliphatic heterocycles. The fourth-order valence-electron chi connectivity index (χ4n) is 12.3. The van der Waals surface area contributed by atoms with Crippen molar-refractivity contribution in [3.05, 3.63) is 12.2 Å². The van der Waals surface area contributed by atoms with Gasteiger partial charge in [0, 0.05) is 70.8 Å². The lowest BCUT2D eigenvalue weighted by Gasteiger charge is -2.24. The summed E-state index contributed by atoms with van der Waals surface area (Å²) in [6.07, 6.45) is 44.3. The Hall–Kier alpha value is -8.38. The molecule has 0 rings (SSSR count). The molecule has 0 spiro atoms. The fourth-order valence-corrected chi connectivity index (χ4v) is 12.3. The summed E-state index contributed by atoms with van der Waals surface area (Å²) in [7, 11) is 0.